The van der Waals surface area contributed by atoms with E-state index in [1.165, 1.54) is 4.52 Å². The number of aromatic nitrogens is 4. The molecule has 4 aromatic rings. The maximum absolute atomic E-state index is 12.9. The molecule has 0 saturated heterocycles. The third-order valence-corrected chi connectivity index (χ3v) is 6.21. The summed E-state index contributed by atoms with van der Waals surface area (Å²) in [4.78, 5) is 0.227. The maximum atomic E-state index is 12.9. The number of nitrogens with zero attached hydrogens (tertiary/aromatic N) is 4. The normalized spacial score (nSPS) is 11.7. The number of rotatable bonds is 4. The minimum atomic E-state index is -3.78. The van der Waals surface area contributed by atoms with Crippen molar-refractivity contribution in [1.82, 2.24) is 19.8 Å². The van der Waals surface area contributed by atoms with E-state index >= 15 is 0 Å². The molecule has 0 aliphatic heterocycles. The van der Waals surface area contributed by atoms with Gasteiger partial charge in [-0.2, -0.15) is 4.52 Å². The fourth-order valence-electron chi connectivity index (χ4n) is 2.84. The van der Waals surface area contributed by atoms with Crippen molar-refractivity contribution in [2.75, 3.05) is 4.72 Å². The first kappa shape index (κ1) is 18.6. The minimum absolute atomic E-state index is 0.185. The molecule has 142 valence electrons. The molecule has 1 N–H and O–H groups in total. The van der Waals surface area contributed by atoms with Gasteiger partial charge < -0.3 is 0 Å². The molecule has 0 radical (unpaired) electrons. The molecule has 4 rings (SSSR count). The van der Waals surface area contributed by atoms with E-state index in [1.807, 2.05) is 37.3 Å². The molecule has 2 heterocycles. The Morgan fingerprint density at radius 3 is 2.61 bits per heavy atom. The SMILES string of the molecule is Cc1ccc(C)c(S(=O)(=O)Nc2ccc3nnc(-c4cccc(Br)c4)n3n2)c1. The molecule has 0 aliphatic carbocycles. The van der Waals surface area contributed by atoms with Gasteiger partial charge >= 0.3 is 0 Å². The van der Waals surface area contributed by atoms with Crippen molar-refractivity contribution in [3.63, 3.8) is 0 Å². The van der Waals surface area contributed by atoms with Crippen molar-refractivity contribution >= 4 is 37.4 Å². The molecule has 2 aromatic carbocycles. The Morgan fingerprint density at radius 2 is 1.82 bits per heavy atom. The Morgan fingerprint density at radius 1 is 1.00 bits per heavy atom. The summed E-state index contributed by atoms with van der Waals surface area (Å²) in [6.45, 7) is 3.61. The molecule has 0 amide bonds. The van der Waals surface area contributed by atoms with E-state index in [1.54, 1.807) is 31.2 Å². The van der Waals surface area contributed by atoms with Crippen molar-refractivity contribution in [3.8, 4) is 11.4 Å². The van der Waals surface area contributed by atoms with Crippen LogP contribution in [0, 0.1) is 13.8 Å². The second kappa shape index (κ2) is 6.99. The molecule has 0 bridgehead atoms. The Balaban J connectivity index is 1.76. The molecule has 0 atom stereocenters. The molecular weight excluding hydrogens is 442 g/mol. The number of halogens is 1. The predicted molar refractivity (Wildman–Crippen MR) is 111 cm³/mol. The van der Waals surface area contributed by atoms with E-state index < -0.39 is 10.0 Å². The van der Waals surface area contributed by atoms with Crippen LogP contribution in [-0.2, 0) is 10.0 Å². The van der Waals surface area contributed by atoms with Gasteiger partial charge in [-0.15, -0.1) is 15.3 Å². The molecule has 0 unspecified atom stereocenters. The minimum Gasteiger partial charge on any atom is -0.262 e. The van der Waals surface area contributed by atoms with Gasteiger partial charge in [-0.1, -0.05) is 40.2 Å². The summed E-state index contributed by atoms with van der Waals surface area (Å²) in [5.41, 5.74) is 2.86. The number of benzene rings is 2. The third-order valence-electron chi connectivity index (χ3n) is 4.22. The summed E-state index contributed by atoms with van der Waals surface area (Å²) in [5.74, 6) is 0.702. The van der Waals surface area contributed by atoms with Gasteiger partial charge in [-0.05, 0) is 55.3 Å². The monoisotopic (exact) mass is 457 g/mol. The summed E-state index contributed by atoms with van der Waals surface area (Å²) in [7, 11) is -3.78. The fraction of sp³-hybridized carbons (Fsp3) is 0.105. The summed E-state index contributed by atoms with van der Waals surface area (Å²) >= 11 is 3.43. The lowest BCUT2D eigenvalue weighted by Crippen LogP contribution is -2.16. The van der Waals surface area contributed by atoms with Crippen molar-refractivity contribution in [1.29, 1.82) is 0 Å². The van der Waals surface area contributed by atoms with Crippen LogP contribution in [0.4, 0.5) is 5.82 Å². The summed E-state index contributed by atoms with van der Waals surface area (Å²) in [5, 5.41) is 12.7. The number of hydrogen-bond donors (Lipinski definition) is 1. The maximum Gasteiger partial charge on any atom is 0.263 e. The smallest absolute Gasteiger partial charge is 0.262 e. The second-order valence-electron chi connectivity index (χ2n) is 6.40. The topological polar surface area (TPSA) is 89.2 Å². The zero-order valence-corrected chi connectivity index (χ0v) is 17.5. The fourth-order valence-corrected chi connectivity index (χ4v) is 4.57. The van der Waals surface area contributed by atoms with Crippen LogP contribution in [0.2, 0.25) is 0 Å². The Bertz CT molecular complexity index is 1300. The summed E-state index contributed by atoms with van der Waals surface area (Å²) in [6, 6.07) is 16.1. The van der Waals surface area contributed by atoms with Crippen molar-refractivity contribution < 1.29 is 8.42 Å². The summed E-state index contributed by atoms with van der Waals surface area (Å²) in [6.07, 6.45) is 0. The predicted octanol–water partition coefficient (Wildman–Crippen LogP) is 3.97. The standard InChI is InChI=1S/C19H16BrN5O2S/c1-12-6-7-13(2)16(10-12)28(26,27)24-17-8-9-18-21-22-19(25(18)23-17)14-4-3-5-15(20)11-14/h3-11H,1-2H3,(H,23,24). The first-order chi connectivity index (χ1) is 13.3. The van der Waals surface area contributed by atoms with Crippen LogP contribution >= 0.6 is 15.9 Å². The zero-order chi connectivity index (χ0) is 19.9. The van der Waals surface area contributed by atoms with Crippen LogP contribution in [0.1, 0.15) is 11.1 Å². The van der Waals surface area contributed by atoms with Gasteiger partial charge in [0.25, 0.3) is 10.0 Å². The number of sulfonamides is 1. The van der Waals surface area contributed by atoms with E-state index in [0.717, 1.165) is 15.6 Å². The van der Waals surface area contributed by atoms with Crippen LogP contribution in [0.15, 0.2) is 64.0 Å². The lowest BCUT2D eigenvalue weighted by Gasteiger charge is -2.11. The molecule has 0 aliphatic rings. The van der Waals surface area contributed by atoms with Crippen LogP contribution in [0.25, 0.3) is 17.0 Å². The third kappa shape index (κ3) is 3.50. The van der Waals surface area contributed by atoms with Crippen molar-refractivity contribution in [3.05, 3.63) is 70.2 Å². The van der Waals surface area contributed by atoms with Crippen LogP contribution < -0.4 is 4.72 Å². The zero-order valence-electron chi connectivity index (χ0n) is 15.1. The number of aryl methyl sites for hydroxylation is 2. The van der Waals surface area contributed by atoms with Gasteiger partial charge in [-0.25, -0.2) is 8.42 Å². The van der Waals surface area contributed by atoms with Gasteiger partial charge in [-0.3, -0.25) is 4.72 Å². The van der Waals surface area contributed by atoms with Crippen LogP contribution in [0.3, 0.4) is 0 Å². The van der Waals surface area contributed by atoms with E-state index in [2.05, 4.69) is 35.9 Å². The molecule has 9 heteroatoms. The van der Waals surface area contributed by atoms with Crippen molar-refractivity contribution in [2.45, 2.75) is 18.7 Å². The van der Waals surface area contributed by atoms with E-state index in [-0.39, 0.29) is 10.7 Å². The Kier molecular flexibility index (Phi) is 4.64. The van der Waals surface area contributed by atoms with E-state index in [9.17, 15) is 8.42 Å². The molecule has 0 spiro atoms. The number of fused-ring (bicyclic) bond motifs is 1. The molecular formula is C19H16BrN5O2S. The highest BCUT2D eigenvalue weighted by atomic mass is 79.9. The van der Waals surface area contributed by atoms with E-state index in [4.69, 9.17) is 0 Å². The van der Waals surface area contributed by atoms with Crippen LogP contribution in [0.5, 0.6) is 0 Å². The lowest BCUT2D eigenvalue weighted by atomic mass is 10.2. The molecule has 0 fully saturated rings. The average molecular weight is 458 g/mol. The first-order valence-corrected chi connectivity index (χ1v) is 10.7. The van der Waals surface area contributed by atoms with Crippen molar-refractivity contribution in [2.24, 2.45) is 0 Å². The molecule has 0 saturated carbocycles. The lowest BCUT2D eigenvalue weighted by molar-refractivity contribution is 0.600. The molecule has 28 heavy (non-hydrogen) atoms. The number of anilines is 1. The van der Waals surface area contributed by atoms with Gasteiger partial charge in [0.1, 0.15) is 0 Å². The van der Waals surface area contributed by atoms with Gasteiger partial charge in [0.15, 0.2) is 17.3 Å². The Hall–Kier alpha value is -2.78. The number of nitrogens with one attached hydrogen (secondary N) is 1. The first-order valence-electron chi connectivity index (χ1n) is 8.42. The van der Waals surface area contributed by atoms with Crippen LogP contribution in [-0.4, -0.2) is 28.2 Å². The number of hydrogen-bond acceptors (Lipinski definition) is 5. The largest absolute Gasteiger partial charge is 0.263 e. The summed E-state index contributed by atoms with van der Waals surface area (Å²) < 4.78 is 30.7. The van der Waals surface area contributed by atoms with Gasteiger partial charge in [0.2, 0.25) is 0 Å². The molecule has 7 nitrogen and oxygen atoms in total. The van der Waals surface area contributed by atoms with Gasteiger partial charge in [0.05, 0.1) is 4.90 Å². The van der Waals surface area contributed by atoms with E-state index in [0.29, 0.717) is 17.0 Å². The Labute approximate surface area is 170 Å². The quantitative estimate of drug-likeness (QED) is 0.500. The molecule has 2 aromatic heterocycles. The highest BCUT2D eigenvalue weighted by Gasteiger charge is 2.19. The van der Waals surface area contributed by atoms with Gasteiger partial charge in [0, 0.05) is 10.0 Å². The average Bonchev–Trinajstić information content (AvgIpc) is 3.06. The highest BCUT2D eigenvalue weighted by Crippen LogP contribution is 2.23. The highest BCUT2D eigenvalue weighted by molar-refractivity contribution is 9.10. The second-order valence-corrected chi connectivity index (χ2v) is 8.96.